The molecule has 0 aromatic carbocycles. The SMILES string of the molecule is COC(=O)c1ncccc1C(=O)N(C)C. The predicted molar refractivity (Wildman–Crippen MR) is 53.6 cm³/mol. The zero-order valence-electron chi connectivity index (χ0n) is 8.85. The predicted octanol–water partition coefficient (Wildman–Crippen LogP) is 0.570. The molecule has 0 N–H and O–H groups in total. The lowest BCUT2D eigenvalue weighted by atomic mass is 10.1. The second-order valence-electron chi connectivity index (χ2n) is 3.09. The standard InChI is InChI=1S/C10H12N2O3/c1-12(2)9(13)7-5-4-6-11-8(7)10(14)15-3/h4-6H,1-3H3. The van der Waals surface area contributed by atoms with Crippen molar-refractivity contribution in [2.75, 3.05) is 21.2 Å². The molecule has 80 valence electrons. The van der Waals surface area contributed by atoms with Crippen LogP contribution in [0.15, 0.2) is 18.3 Å². The number of hydrogen-bond acceptors (Lipinski definition) is 4. The number of carbonyl (C=O) groups is 2. The third kappa shape index (κ3) is 2.31. The highest BCUT2D eigenvalue weighted by atomic mass is 16.5. The Balaban J connectivity index is 3.18. The first-order valence-electron chi connectivity index (χ1n) is 4.33. The van der Waals surface area contributed by atoms with E-state index in [1.807, 2.05) is 0 Å². The van der Waals surface area contributed by atoms with Gasteiger partial charge < -0.3 is 9.64 Å². The smallest absolute Gasteiger partial charge is 0.357 e. The van der Waals surface area contributed by atoms with Crippen molar-refractivity contribution in [1.29, 1.82) is 0 Å². The average Bonchev–Trinajstić information content (AvgIpc) is 2.27. The number of amides is 1. The molecule has 0 aliphatic carbocycles. The molecule has 0 saturated heterocycles. The minimum Gasteiger partial charge on any atom is -0.464 e. The summed E-state index contributed by atoms with van der Waals surface area (Å²) < 4.78 is 4.53. The van der Waals surface area contributed by atoms with E-state index in [2.05, 4.69) is 9.72 Å². The van der Waals surface area contributed by atoms with Crippen molar-refractivity contribution >= 4 is 11.9 Å². The van der Waals surface area contributed by atoms with Crippen molar-refractivity contribution in [3.63, 3.8) is 0 Å². The second-order valence-corrected chi connectivity index (χ2v) is 3.09. The quantitative estimate of drug-likeness (QED) is 0.667. The molecule has 15 heavy (non-hydrogen) atoms. The lowest BCUT2D eigenvalue weighted by Gasteiger charge is -2.11. The highest BCUT2D eigenvalue weighted by Crippen LogP contribution is 2.08. The number of hydrogen-bond donors (Lipinski definition) is 0. The number of rotatable bonds is 2. The molecule has 1 rings (SSSR count). The van der Waals surface area contributed by atoms with Crippen LogP contribution in [0.5, 0.6) is 0 Å². The number of nitrogens with zero attached hydrogens (tertiary/aromatic N) is 2. The second kappa shape index (κ2) is 4.54. The molecule has 0 fully saturated rings. The van der Waals surface area contributed by atoms with Gasteiger partial charge in [-0.3, -0.25) is 4.79 Å². The van der Waals surface area contributed by atoms with Crippen LogP contribution in [-0.2, 0) is 4.74 Å². The summed E-state index contributed by atoms with van der Waals surface area (Å²) in [5.41, 5.74) is 0.285. The highest BCUT2D eigenvalue weighted by molar-refractivity contribution is 6.03. The molecule has 0 bridgehead atoms. The Morgan fingerprint density at radius 1 is 1.40 bits per heavy atom. The number of esters is 1. The van der Waals surface area contributed by atoms with Gasteiger partial charge in [0.05, 0.1) is 12.7 Å². The van der Waals surface area contributed by atoms with Gasteiger partial charge in [0.25, 0.3) is 5.91 Å². The summed E-state index contributed by atoms with van der Waals surface area (Å²) in [4.78, 5) is 28.2. The molecule has 0 saturated carbocycles. The van der Waals surface area contributed by atoms with Gasteiger partial charge in [0.15, 0.2) is 5.69 Å². The Bertz CT molecular complexity index is 388. The summed E-state index contributed by atoms with van der Waals surface area (Å²) in [5, 5.41) is 0. The van der Waals surface area contributed by atoms with Crippen LogP contribution in [-0.4, -0.2) is 43.0 Å². The van der Waals surface area contributed by atoms with Crippen LogP contribution in [0.4, 0.5) is 0 Å². The number of pyridine rings is 1. The normalized spacial score (nSPS) is 9.53. The van der Waals surface area contributed by atoms with E-state index in [1.54, 1.807) is 26.2 Å². The lowest BCUT2D eigenvalue weighted by molar-refractivity contribution is 0.0586. The van der Waals surface area contributed by atoms with Crippen LogP contribution in [0.1, 0.15) is 20.8 Å². The molecule has 5 nitrogen and oxygen atoms in total. The van der Waals surface area contributed by atoms with Crippen molar-refractivity contribution < 1.29 is 14.3 Å². The van der Waals surface area contributed by atoms with E-state index < -0.39 is 5.97 Å². The Labute approximate surface area is 87.7 Å². The zero-order valence-corrected chi connectivity index (χ0v) is 8.85. The van der Waals surface area contributed by atoms with Crippen LogP contribution < -0.4 is 0 Å². The molecule has 0 unspecified atom stereocenters. The van der Waals surface area contributed by atoms with Crippen molar-refractivity contribution in [2.24, 2.45) is 0 Å². The molecular formula is C10H12N2O3. The minimum atomic E-state index is -0.610. The summed E-state index contributed by atoms with van der Waals surface area (Å²) in [6.07, 6.45) is 1.44. The van der Waals surface area contributed by atoms with Crippen LogP contribution in [0.2, 0.25) is 0 Å². The molecule has 1 heterocycles. The van der Waals surface area contributed by atoms with Gasteiger partial charge in [0.1, 0.15) is 0 Å². The van der Waals surface area contributed by atoms with Crippen LogP contribution in [0.25, 0.3) is 0 Å². The highest BCUT2D eigenvalue weighted by Gasteiger charge is 2.19. The van der Waals surface area contributed by atoms with Crippen molar-refractivity contribution in [3.05, 3.63) is 29.6 Å². The van der Waals surface area contributed by atoms with Crippen molar-refractivity contribution in [3.8, 4) is 0 Å². The van der Waals surface area contributed by atoms with Gasteiger partial charge in [-0.1, -0.05) is 0 Å². The molecule has 1 aromatic heterocycles. The minimum absolute atomic E-state index is 0.0405. The number of carbonyl (C=O) groups excluding carboxylic acids is 2. The maximum atomic E-state index is 11.7. The lowest BCUT2D eigenvalue weighted by Crippen LogP contribution is -2.24. The van der Waals surface area contributed by atoms with Gasteiger partial charge in [-0.2, -0.15) is 0 Å². The monoisotopic (exact) mass is 208 g/mol. The number of ether oxygens (including phenoxy) is 1. The number of aromatic nitrogens is 1. The molecule has 0 radical (unpaired) electrons. The Hall–Kier alpha value is -1.91. The Morgan fingerprint density at radius 3 is 2.60 bits per heavy atom. The fraction of sp³-hybridized carbons (Fsp3) is 0.300. The third-order valence-electron chi connectivity index (χ3n) is 1.82. The summed E-state index contributed by atoms with van der Waals surface area (Å²) in [7, 11) is 4.47. The van der Waals surface area contributed by atoms with Gasteiger partial charge >= 0.3 is 5.97 Å². The maximum absolute atomic E-state index is 11.7. The maximum Gasteiger partial charge on any atom is 0.357 e. The van der Waals surface area contributed by atoms with E-state index in [9.17, 15) is 9.59 Å². The first-order chi connectivity index (χ1) is 7.07. The number of methoxy groups -OCH3 is 1. The largest absolute Gasteiger partial charge is 0.464 e. The fourth-order valence-corrected chi connectivity index (χ4v) is 1.08. The van der Waals surface area contributed by atoms with Gasteiger partial charge in [-0.05, 0) is 12.1 Å². The van der Waals surface area contributed by atoms with Crippen LogP contribution >= 0.6 is 0 Å². The van der Waals surface area contributed by atoms with E-state index in [4.69, 9.17) is 0 Å². The average molecular weight is 208 g/mol. The topological polar surface area (TPSA) is 59.5 Å². The van der Waals surface area contributed by atoms with Gasteiger partial charge in [-0.15, -0.1) is 0 Å². The summed E-state index contributed by atoms with van der Waals surface area (Å²) in [6.45, 7) is 0. The molecule has 0 atom stereocenters. The van der Waals surface area contributed by atoms with E-state index in [1.165, 1.54) is 18.2 Å². The first kappa shape index (κ1) is 11.2. The van der Waals surface area contributed by atoms with E-state index in [-0.39, 0.29) is 17.2 Å². The summed E-state index contributed by atoms with van der Waals surface area (Å²) in [5.74, 6) is -0.885. The fourth-order valence-electron chi connectivity index (χ4n) is 1.08. The van der Waals surface area contributed by atoms with Gasteiger partial charge in [0.2, 0.25) is 0 Å². The van der Waals surface area contributed by atoms with Crippen LogP contribution in [0, 0.1) is 0 Å². The summed E-state index contributed by atoms with van der Waals surface area (Å²) in [6, 6.07) is 3.14. The van der Waals surface area contributed by atoms with E-state index in [0.29, 0.717) is 0 Å². The van der Waals surface area contributed by atoms with Crippen LogP contribution in [0.3, 0.4) is 0 Å². The third-order valence-corrected chi connectivity index (χ3v) is 1.82. The summed E-state index contributed by atoms with van der Waals surface area (Å²) >= 11 is 0. The van der Waals surface area contributed by atoms with Gasteiger partial charge in [0, 0.05) is 20.3 Å². The molecule has 1 amide bonds. The van der Waals surface area contributed by atoms with Crippen molar-refractivity contribution in [1.82, 2.24) is 9.88 Å². The molecule has 0 spiro atoms. The first-order valence-corrected chi connectivity index (χ1v) is 4.33. The molecule has 0 aliphatic rings. The molecular weight excluding hydrogens is 196 g/mol. The van der Waals surface area contributed by atoms with E-state index in [0.717, 1.165) is 0 Å². The van der Waals surface area contributed by atoms with Crippen molar-refractivity contribution in [2.45, 2.75) is 0 Å². The Morgan fingerprint density at radius 2 is 2.07 bits per heavy atom. The van der Waals surface area contributed by atoms with E-state index >= 15 is 0 Å². The molecule has 5 heteroatoms. The Kier molecular flexibility index (Phi) is 3.38. The molecule has 0 aliphatic heterocycles. The zero-order chi connectivity index (χ0) is 11.4. The van der Waals surface area contributed by atoms with Gasteiger partial charge in [-0.25, -0.2) is 9.78 Å². The molecule has 1 aromatic rings.